The Morgan fingerprint density at radius 2 is 2.32 bits per heavy atom. The minimum Gasteiger partial charge on any atom is -0.378 e. The zero-order valence-corrected chi connectivity index (χ0v) is 10.6. The van der Waals surface area contributed by atoms with Gasteiger partial charge >= 0.3 is 0 Å². The van der Waals surface area contributed by atoms with Crippen molar-refractivity contribution >= 4 is 16.8 Å². The van der Waals surface area contributed by atoms with Crippen molar-refractivity contribution in [1.29, 1.82) is 0 Å². The van der Waals surface area contributed by atoms with E-state index in [0.29, 0.717) is 19.5 Å². The summed E-state index contributed by atoms with van der Waals surface area (Å²) in [4.78, 5) is 16.8. The van der Waals surface area contributed by atoms with Gasteiger partial charge in [-0.3, -0.25) is 4.79 Å². The third-order valence-electron chi connectivity index (χ3n) is 3.61. The summed E-state index contributed by atoms with van der Waals surface area (Å²) in [5.74, 6) is -0.198. The van der Waals surface area contributed by atoms with Gasteiger partial charge in [-0.2, -0.15) is 0 Å². The van der Waals surface area contributed by atoms with Crippen molar-refractivity contribution in [3.8, 4) is 0 Å². The van der Waals surface area contributed by atoms with Crippen molar-refractivity contribution in [1.82, 2.24) is 9.88 Å². The number of benzene rings is 1. The predicted molar refractivity (Wildman–Crippen MR) is 69.3 cm³/mol. The molecule has 5 heteroatoms. The molecule has 1 saturated heterocycles. The molecule has 1 fully saturated rings. The lowest BCUT2D eigenvalue weighted by Crippen LogP contribution is -2.54. The van der Waals surface area contributed by atoms with Crippen molar-refractivity contribution in [3.63, 3.8) is 0 Å². The fourth-order valence-electron chi connectivity index (χ4n) is 2.37. The molecule has 4 nitrogen and oxygen atoms in total. The molecule has 0 atom stereocenters. The summed E-state index contributed by atoms with van der Waals surface area (Å²) in [5, 5.41) is 0.901. The molecule has 0 unspecified atom stereocenters. The lowest BCUT2D eigenvalue weighted by Gasteiger charge is -2.38. The molecule has 1 aromatic heterocycles. The number of H-pyrrole nitrogens is 1. The molecule has 19 heavy (non-hydrogen) atoms. The maximum Gasteiger partial charge on any atom is 0.227 e. The first-order valence-corrected chi connectivity index (χ1v) is 6.23. The van der Waals surface area contributed by atoms with Crippen LogP contribution < -0.4 is 0 Å². The Bertz CT molecular complexity index is 617. The number of fused-ring (bicyclic) bond motifs is 1. The van der Waals surface area contributed by atoms with Gasteiger partial charge in [0.15, 0.2) is 0 Å². The second kappa shape index (κ2) is 4.66. The Kier molecular flexibility index (Phi) is 2.98. The quantitative estimate of drug-likeness (QED) is 0.915. The standard InChI is InChI=1S/C14H15FN2O2/c1-19-11-7-17(8-11)14(18)4-9-6-16-13-5-10(15)2-3-12(9)13/h2-3,5-6,11,16H,4,7-8H2,1H3. The third kappa shape index (κ3) is 2.21. The molecule has 2 aromatic rings. The number of nitrogens with one attached hydrogen (secondary N) is 1. The number of ether oxygens (including phenoxy) is 1. The van der Waals surface area contributed by atoms with Gasteiger partial charge in [-0.1, -0.05) is 0 Å². The highest BCUT2D eigenvalue weighted by Gasteiger charge is 2.30. The highest BCUT2D eigenvalue weighted by Crippen LogP contribution is 2.21. The summed E-state index contributed by atoms with van der Waals surface area (Å²) in [6.07, 6.45) is 2.28. The predicted octanol–water partition coefficient (Wildman–Crippen LogP) is 1.71. The average Bonchev–Trinajstić information content (AvgIpc) is 2.70. The smallest absolute Gasteiger partial charge is 0.227 e. The molecule has 1 aromatic carbocycles. The lowest BCUT2D eigenvalue weighted by atomic mass is 10.1. The molecule has 0 radical (unpaired) electrons. The van der Waals surface area contributed by atoms with Gasteiger partial charge in [-0.05, 0) is 23.8 Å². The number of rotatable bonds is 3. The highest BCUT2D eigenvalue weighted by atomic mass is 19.1. The van der Waals surface area contributed by atoms with E-state index in [2.05, 4.69) is 4.98 Å². The zero-order valence-electron chi connectivity index (χ0n) is 10.6. The van der Waals surface area contributed by atoms with Gasteiger partial charge in [0, 0.05) is 37.3 Å². The molecule has 0 bridgehead atoms. The van der Waals surface area contributed by atoms with Crippen LogP contribution in [-0.4, -0.2) is 42.1 Å². The molecule has 2 heterocycles. The highest BCUT2D eigenvalue weighted by molar-refractivity contribution is 5.89. The van der Waals surface area contributed by atoms with Crippen molar-refractivity contribution in [2.24, 2.45) is 0 Å². The van der Waals surface area contributed by atoms with E-state index in [1.165, 1.54) is 12.1 Å². The van der Waals surface area contributed by atoms with Crippen LogP contribution in [0.1, 0.15) is 5.56 Å². The Morgan fingerprint density at radius 1 is 1.53 bits per heavy atom. The zero-order chi connectivity index (χ0) is 13.4. The summed E-state index contributed by atoms with van der Waals surface area (Å²) >= 11 is 0. The molecule has 1 N–H and O–H groups in total. The number of methoxy groups -OCH3 is 1. The lowest BCUT2D eigenvalue weighted by molar-refractivity contribution is -0.142. The average molecular weight is 262 g/mol. The molecule has 0 spiro atoms. The van der Waals surface area contributed by atoms with Crippen LogP contribution in [-0.2, 0) is 16.0 Å². The largest absolute Gasteiger partial charge is 0.378 e. The maximum absolute atomic E-state index is 13.1. The summed E-state index contributed by atoms with van der Waals surface area (Å²) in [7, 11) is 1.65. The number of halogens is 1. The van der Waals surface area contributed by atoms with E-state index in [1.807, 2.05) is 0 Å². The van der Waals surface area contributed by atoms with Gasteiger partial charge in [0.25, 0.3) is 0 Å². The molecule has 1 aliphatic heterocycles. The first kappa shape index (κ1) is 12.2. The van der Waals surface area contributed by atoms with Gasteiger partial charge in [0.2, 0.25) is 5.91 Å². The molecule has 100 valence electrons. The number of aromatic nitrogens is 1. The van der Waals surface area contributed by atoms with Crippen molar-refractivity contribution < 1.29 is 13.9 Å². The Morgan fingerprint density at radius 3 is 3.05 bits per heavy atom. The Hall–Kier alpha value is -1.88. The molecule has 3 rings (SSSR count). The summed E-state index contributed by atoms with van der Waals surface area (Å²) < 4.78 is 18.2. The number of likely N-dealkylation sites (tertiary alicyclic amines) is 1. The van der Waals surface area contributed by atoms with Crippen LogP contribution in [0.25, 0.3) is 10.9 Å². The van der Waals surface area contributed by atoms with Crippen LogP contribution in [0.15, 0.2) is 24.4 Å². The summed E-state index contributed by atoms with van der Waals surface area (Å²) in [6.45, 7) is 1.32. The van der Waals surface area contributed by atoms with E-state index < -0.39 is 0 Å². The van der Waals surface area contributed by atoms with E-state index in [9.17, 15) is 9.18 Å². The fourth-order valence-corrected chi connectivity index (χ4v) is 2.37. The van der Waals surface area contributed by atoms with Crippen LogP contribution >= 0.6 is 0 Å². The molecule has 0 aliphatic carbocycles. The number of hydrogen-bond acceptors (Lipinski definition) is 2. The Labute approximate surface area is 110 Å². The summed E-state index contributed by atoms with van der Waals surface area (Å²) in [5.41, 5.74) is 1.63. The molecule has 1 amide bonds. The second-order valence-electron chi connectivity index (χ2n) is 4.84. The number of aromatic amines is 1. The SMILES string of the molecule is COC1CN(C(=O)Cc2c[nH]c3cc(F)ccc23)C1. The van der Waals surface area contributed by atoms with Crippen LogP contribution in [0.2, 0.25) is 0 Å². The van der Waals surface area contributed by atoms with Crippen LogP contribution in [0.5, 0.6) is 0 Å². The van der Waals surface area contributed by atoms with Gasteiger partial charge in [-0.25, -0.2) is 4.39 Å². The molecular weight excluding hydrogens is 247 g/mol. The number of amides is 1. The monoisotopic (exact) mass is 262 g/mol. The van der Waals surface area contributed by atoms with E-state index in [1.54, 1.807) is 24.3 Å². The van der Waals surface area contributed by atoms with E-state index >= 15 is 0 Å². The van der Waals surface area contributed by atoms with Gasteiger partial charge in [-0.15, -0.1) is 0 Å². The minimum atomic E-state index is -0.280. The van der Waals surface area contributed by atoms with Gasteiger partial charge in [0.05, 0.1) is 12.5 Å². The van der Waals surface area contributed by atoms with Crippen LogP contribution in [0, 0.1) is 5.82 Å². The van der Waals surface area contributed by atoms with Crippen molar-refractivity contribution in [3.05, 3.63) is 35.8 Å². The Balaban J connectivity index is 1.73. The maximum atomic E-state index is 13.1. The normalized spacial score (nSPS) is 15.8. The summed E-state index contributed by atoms with van der Waals surface area (Å²) in [6, 6.07) is 4.56. The number of hydrogen-bond donors (Lipinski definition) is 1. The van der Waals surface area contributed by atoms with Crippen LogP contribution in [0.3, 0.4) is 0 Å². The van der Waals surface area contributed by atoms with E-state index in [0.717, 1.165) is 16.5 Å². The van der Waals surface area contributed by atoms with Gasteiger partial charge in [0.1, 0.15) is 5.82 Å². The number of carbonyl (C=O) groups is 1. The second-order valence-corrected chi connectivity index (χ2v) is 4.84. The molecule has 1 aliphatic rings. The molecule has 0 saturated carbocycles. The first-order chi connectivity index (χ1) is 9.17. The van der Waals surface area contributed by atoms with E-state index in [-0.39, 0.29) is 17.8 Å². The minimum absolute atomic E-state index is 0.0820. The number of nitrogens with zero attached hydrogens (tertiary/aromatic N) is 1. The van der Waals surface area contributed by atoms with Crippen molar-refractivity contribution in [2.75, 3.05) is 20.2 Å². The van der Waals surface area contributed by atoms with Crippen LogP contribution in [0.4, 0.5) is 4.39 Å². The molecular formula is C14H15FN2O2. The van der Waals surface area contributed by atoms with E-state index in [4.69, 9.17) is 4.74 Å². The van der Waals surface area contributed by atoms with Crippen molar-refractivity contribution in [2.45, 2.75) is 12.5 Å². The fraction of sp³-hybridized carbons (Fsp3) is 0.357. The first-order valence-electron chi connectivity index (χ1n) is 6.23. The van der Waals surface area contributed by atoms with Gasteiger partial charge < -0.3 is 14.6 Å². The number of carbonyl (C=O) groups excluding carboxylic acids is 1. The third-order valence-corrected chi connectivity index (χ3v) is 3.61. The topological polar surface area (TPSA) is 45.3 Å².